The van der Waals surface area contributed by atoms with Crippen LogP contribution in [0.3, 0.4) is 0 Å². The molecule has 2 rings (SSSR count). The predicted molar refractivity (Wildman–Crippen MR) is 49.5 cm³/mol. The third-order valence-electron chi connectivity index (χ3n) is 1.88. The summed E-state index contributed by atoms with van der Waals surface area (Å²) in [7, 11) is 1.82. The van der Waals surface area contributed by atoms with Gasteiger partial charge in [-0.05, 0) is 16.7 Å². The maximum Gasteiger partial charge on any atom is 0.156 e. The summed E-state index contributed by atoms with van der Waals surface area (Å²) in [6.45, 7) is 0. The molecule has 13 heavy (non-hydrogen) atoms. The number of fused-ring (bicyclic) bond motifs is 1. The van der Waals surface area contributed by atoms with Gasteiger partial charge >= 0.3 is 0 Å². The number of aromatic nitrogens is 2. The molecule has 0 radical (unpaired) electrons. The molecular formula is C8H7N5. The van der Waals surface area contributed by atoms with E-state index in [0.717, 1.165) is 10.9 Å². The van der Waals surface area contributed by atoms with Crippen LogP contribution >= 0.6 is 0 Å². The zero-order valence-electron chi connectivity index (χ0n) is 7.05. The molecule has 5 heteroatoms. The van der Waals surface area contributed by atoms with Gasteiger partial charge in [0.15, 0.2) is 5.82 Å². The van der Waals surface area contributed by atoms with Crippen molar-refractivity contribution in [3.8, 4) is 0 Å². The van der Waals surface area contributed by atoms with Crippen molar-refractivity contribution in [2.24, 2.45) is 12.2 Å². The fraction of sp³-hybridized carbons (Fsp3) is 0.125. The van der Waals surface area contributed by atoms with Crippen LogP contribution in [0.25, 0.3) is 21.3 Å². The summed E-state index contributed by atoms with van der Waals surface area (Å²) in [6, 6.07) is 7.62. The second-order valence-corrected chi connectivity index (χ2v) is 2.65. The van der Waals surface area contributed by atoms with Gasteiger partial charge in [0.2, 0.25) is 0 Å². The van der Waals surface area contributed by atoms with Crippen LogP contribution in [0, 0.1) is 0 Å². The highest BCUT2D eigenvalue weighted by Crippen LogP contribution is 2.23. The minimum absolute atomic E-state index is 0.431. The van der Waals surface area contributed by atoms with Gasteiger partial charge in [-0.1, -0.05) is 18.2 Å². The molecule has 0 aliphatic carbocycles. The Bertz CT molecular complexity index is 492. The van der Waals surface area contributed by atoms with Crippen LogP contribution < -0.4 is 0 Å². The molecule has 0 fully saturated rings. The van der Waals surface area contributed by atoms with Crippen LogP contribution in [0.2, 0.25) is 0 Å². The largest absolute Gasteiger partial charge is 0.267 e. The van der Waals surface area contributed by atoms with Gasteiger partial charge in [-0.2, -0.15) is 5.10 Å². The molecule has 0 saturated carbocycles. The first-order valence-electron chi connectivity index (χ1n) is 3.80. The van der Waals surface area contributed by atoms with Gasteiger partial charge in [-0.3, -0.25) is 4.68 Å². The van der Waals surface area contributed by atoms with E-state index in [-0.39, 0.29) is 0 Å². The predicted octanol–water partition coefficient (Wildman–Crippen LogP) is 2.52. The molecule has 0 atom stereocenters. The third kappa shape index (κ3) is 1.11. The van der Waals surface area contributed by atoms with Crippen molar-refractivity contribution in [1.82, 2.24) is 9.78 Å². The molecule has 0 bridgehead atoms. The summed E-state index contributed by atoms with van der Waals surface area (Å²) < 4.78 is 1.69. The molecule has 0 amide bonds. The second-order valence-electron chi connectivity index (χ2n) is 2.65. The smallest absolute Gasteiger partial charge is 0.156 e. The second kappa shape index (κ2) is 2.80. The third-order valence-corrected chi connectivity index (χ3v) is 1.88. The summed E-state index contributed by atoms with van der Waals surface area (Å²) in [5.74, 6) is 0.431. The quantitative estimate of drug-likeness (QED) is 0.371. The van der Waals surface area contributed by atoms with E-state index in [0.29, 0.717) is 5.82 Å². The van der Waals surface area contributed by atoms with Crippen molar-refractivity contribution >= 4 is 16.7 Å². The Morgan fingerprint density at radius 2 is 2.23 bits per heavy atom. The average molecular weight is 173 g/mol. The van der Waals surface area contributed by atoms with Gasteiger partial charge in [0.05, 0.1) is 5.52 Å². The van der Waals surface area contributed by atoms with E-state index in [9.17, 15) is 0 Å². The molecule has 0 aliphatic rings. The van der Waals surface area contributed by atoms with Crippen LogP contribution in [0.1, 0.15) is 0 Å². The first-order chi connectivity index (χ1) is 6.33. The lowest BCUT2D eigenvalue weighted by Gasteiger charge is -1.90. The van der Waals surface area contributed by atoms with Crippen LogP contribution in [0.4, 0.5) is 5.82 Å². The number of azide groups is 1. The van der Waals surface area contributed by atoms with E-state index in [2.05, 4.69) is 15.1 Å². The highest BCUT2D eigenvalue weighted by Gasteiger charge is 2.04. The SMILES string of the molecule is Cn1nc(N=[N+]=[N-])c2ccccc21. The Morgan fingerprint density at radius 1 is 1.46 bits per heavy atom. The van der Waals surface area contributed by atoms with E-state index in [1.54, 1.807) is 4.68 Å². The Labute approximate surface area is 74.2 Å². The van der Waals surface area contributed by atoms with Crippen molar-refractivity contribution in [2.75, 3.05) is 0 Å². The van der Waals surface area contributed by atoms with Gasteiger partial charge in [-0.25, -0.2) is 0 Å². The van der Waals surface area contributed by atoms with Gasteiger partial charge in [-0.15, -0.1) is 0 Å². The summed E-state index contributed by atoms with van der Waals surface area (Å²) in [5.41, 5.74) is 9.26. The van der Waals surface area contributed by atoms with Crippen molar-refractivity contribution in [3.63, 3.8) is 0 Å². The minimum Gasteiger partial charge on any atom is -0.267 e. The maximum absolute atomic E-state index is 8.30. The normalized spacial score (nSPS) is 9.92. The van der Waals surface area contributed by atoms with Gasteiger partial charge in [0, 0.05) is 17.3 Å². The lowest BCUT2D eigenvalue weighted by molar-refractivity contribution is 0.797. The molecule has 0 N–H and O–H groups in total. The molecule has 5 nitrogen and oxygen atoms in total. The fourth-order valence-corrected chi connectivity index (χ4v) is 1.31. The number of nitrogens with zero attached hydrogens (tertiary/aromatic N) is 5. The van der Waals surface area contributed by atoms with E-state index >= 15 is 0 Å². The fourth-order valence-electron chi connectivity index (χ4n) is 1.31. The van der Waals surface area contributed by atoms with Crippen LogP contribution in [0.15, 0.2) is 29.4 Å². The summed E-state index contributed by atoms with van der Waals surface area (Å²) in [6.07, 6.45) is 0. The standard InChI is InChI=1S/C8H7N5/c1-13-7-5-3-2-4-6(7)8(11-13)10-12-9/h2-5H,1H3. The monoisotopic (exact) mass is 173 g/mol. The molecule has 0 saturated heterocycles. The van der Waals surface area contributed by atoms with Gasteiger partial charge in [0.25, 0.3) is 0 Å². The molecule has 1 aromatic carbocycles. The minimum atomic E-state index is 0.431. The van der Waals surface area contributed by atoms with Gasteiger partial charge in [0.1, 0.15) is 0 Å². The Kier molecular flexibility index (Phi) is 1.65. The Hall–Kier alpha value is -2.00. The van der Waals surface area contributed by atoms with Crippen molar-refractivity contribution in [3.05, 3.63) is 34.7 Å². The maximum atomic E-state index is 8.30. The Balaban J connectivity index is 2.85. The molecule has 0 spiro atoms. The number of hydrogen-bond donors (Lipinski definition) is 0. The zero-order valence-corrected chi connectivity index (χ0v) is 7.05. The van der Waals surface area contributed by atoms with Crippen LogP contribution in [0.5, 0.6) is 0 Å². The van der Waals surface area contributed by atoms with E-state index in [4.69, 9.17) is 5.53 Å². The molecule has 1 heterocycles. The molecule has 0 aliphatic heterocycles. The topological polar surface area (TPSA) is 66.6 Å². The molecule has 2 aromatic rings. The highest BCUT2D eigenvalue weighted by molar-refractivity contribution is 5.88. The summed E-state index contributed by atoms with van der Waals surface area (Å²) in [5, 5.41) is 8.46. The van der Waals surface area contributed by atoms with Crippen LogP contribution in [-0.2, 0) is 7.05 Å². The van der Waals surface area contributed by atoms with Crippen molar-refractivity contribution < 1.29 is 0 Å². The van der Waals surface area contributed by atoms with Crippen LogP contribution in [-0.4, -0.2) is 9.78 Å². The number of hydrogen-bond acceptors (Lipinski definition) is 2. The number of rotatable bonds is 1. The summed E-state index contributed by atoms with van der Waals surface area (Å²) >= 11 is 0. The van der Waals surface area contributed by atoms with Gasteiger partial charge < -0.3 is 0 Å². The number of benzene rings is 1. The number of para-hydroxylation sites is 1. The highest BCUT2D eigenvalue weighted by atomic mass is 15.3. The number of aryl methyl sites for hydroxylation is 1. The molecular weight excluding hydrogens is 166 g/mol. The Morgan fingerprint density at radius 3 is 3.00 bits per heavy atom. The van der Waals surface area contributed by atoms with E-state index < -0.39 is 0 Å². The first-order valence-corrected chi connectivity index (χ1v) is 3.80. The lowest BCUT2D eigenvalue weighted by Crippen LogP contribution is -1.87. The lowest BCUT2D eigenvalue weighted by atomic mass is 10.2. The summed E-state index contributed by atoms with van der Waals surface area (Å²) in [4.78, 5) is 2.72. The molecule has 1 aromatic heterocycles. The molecule has 0 unspecified atom stereocenters. The first kappa shape index (κ1) is 7.64. The van der Waals surface area contributed by atoms with Crippen molar-refractivity contribution in [1.29, 1.82) is 0 Å². The average Bonchev–Trinajstić information content (AvgIpc) is 2.46. The zero-order chi connectivity index (χ0) is 9.26. The van der Waals surface area contributed by atoms with E-state index in [1.165, 1.54) is 0 Å². The van der Waals surface area contributed by atoms with E-state index in [1.807, 2.05) is 31.3 Å². The van der Waals surface area contributed by atoms with Crippen molar-refractivity contribution in [2.45, 2.75) is 0 Å². The molecule has 64 valence electrons.